The molecule has 4 nitrogen and oxygen atoms in total. The Balaban J connectivity index is 1.80. The van der Waals surface area contributed by atoms with Crippen LogP contribution in [-0.2, 0) is 6.42 Å². The number of halogens is 3. The molecule has 0 saturated heterocycles. The molecule has 8 heteroatoms. The summed E-state index contributed by atoms with van der Waals surface area (Å²) in [5, 5.41) is 18.8. The number of alkyl halides is 3. The SMILES string of the molecule is CCC[C@@H](Cc1ccc(C#N)cc1)c1nnc(-c2cccc(OC(F)(F)F)c2)s1. The van der Waals surface area contributed by atoms with Crippen molar-refractivity contribution in [2.45, 2.75) is 38.5 Å². The third-order valence-electron chi connectivity index (χ3n) is 4.31. The number of rotatable bonds is 7. The average Bonchev–Trinajstić information content (AvgIpc) is 3.17. The summed E-state index contributed by atoms with van der Waals surface area (Å²) in [6.07, 6.45) is -2.11. The highest BCUT2D eigenvalue weighted by molar-refractivity contribution is 7.14. The quantitative estimate of drug-likeness (QED) is 0.466. The van der Waals surface area contributed by atoms with Gasteiger partial charge in [-0.15, -0.1) is 23.4 Å². The van der Waals surface area contributed by atoms with Crippen molar-refractivity contribution in [3.8, 4) is 22.4 Å². The summed E-state index contributed by atoms with van der Waals surface area (Å²) in [5.74, 6) is -0.136. The third-order valence-corrected chi connectivity index (χ3v) is 5.44. The fourth-order valence-electron chi connectivity index (χ4n) is 3.00. The number of ether oxygens (including phenoxy) is 1. The molecule has 0 aliphatic rings. The van der Waals surface area contributed by atoms with Crippen molar-refractivity contribution in [1.82, 2.24) is 10.2 Å². The molecule has 0 aliphatic carbocycles. The molecule has 3 aromatic rings. The van der Waals surface area contributed by atoms with Gasteiger partial charge in [-0.2, -0.15) is 5.26 Å². The third kappa shape index (κ3) is 5.78. The van der Waals surface area contributed by atoms with E-state index in [0.717, 1.165) is 29.8 Å². The van der Waals surface area contributed by atoms with Gasteiger partial charge in [0.1, 0.15) is 15.8 Å². The van der Waals surface area contributed by atoms with Gasteiger partial charge in [0.25, 0.3) is 0 Å². The predicted octanol–water partition coefficient (Wildman–Crippen LogP) is 6.10. The Kier molecular flexibility index (Phi) is 6.49. The highest BCUT2D eigenvalue weighted by atomic mass is 32.1. The van der Waals surface area contributed by atoms with Crippen molar-refractivity contribution in [1.29, 1.82) is 5.26 Å². The Hall–Kier alpha value is -2.92. The molecule has 1 aromatic heterocycles. The molecule has 150 valence electrons. The molecule has 1 atom stereocenters. The number of benzene rings is 2. The second-order valence-corrected chi connectivity index (χ2v) is 7.53. The van der Waals surface area contributed by atoms with Crippen molar-refractivity contribution in [3.05, 3.63) is 64.7 Å². The Morgan fingerprint density at radius 3 is 2.55 bits per heavy atom. The molecular formula is C21H18F3N3OS. The zero-order valence-corrected chi connectivity index (χ0v) is 16.4. The van der Waals surface area contributed by atoms with Crippen LogP contribution in [0.15, 0.2) is 48.5 Å². The summed E-state index contributed by atoms with van der Waals surface area (Å²) in [6, 6.07) is 15.3. The fraction of sp³-hybridized carbons (Fsp3) is 0.286. The summed E-state index contributed by atoms with van der Waals surface area (Å²) in [5.41, 5.74) is 2.24. The van der Waals surface area contributed by atoms with Gasteiger partial charge in [0.15, 0.2) is 0 Å². The Bertz CT molecular complexity index is 993. The summed E-state index contributed by atoms with van der Waals surface area (Å²) in [7, 11) is 0. The van der Waals surface area contributed by atoms with Gasteiger partial charge in [-0.1, -0.05) is 48.9 Å². The average molecular weight is 417 g/mol. The van der Waals surface area contributed by atoms with Gasteiger partial charge in [-0.25, -0.2) is 0 Å². The zero-order valence-electron chi connectivity index (χ0n) is 15.6. The van der Waals surface area contributed by atoms with E-state index in [2.05, 4.69) is 27.9 Å². The maximum absolute atomic E-state index is 12.5. The first-order valence-electron chi connectivity index (χ1n) is 9.06. The van der Waals surface area contributed by atoms with E-state index in [9.17, 15) is 13.2 Å². The Morgan fingerprint density at radius 2 is 1.90 bits per heavy atom. The molecule has 0 fully saturated rings. The Morgan fingerprint density at radius 1 is 1.14 bits per heavy atom. The summed E-state index contributed by atoms with van der Waals surface area (Å²) in [4.78, 5) is 0. The standard InChI is InChI=1S/C21H18F3N3OS/c1-2-4-16(11-14-7-9-15(13-25)10-8-14)19-26-27-20(29-19)17-5-3-6-18(12-17)28-21(22,23)24/h3,5-10,12,16H,2,4,11H2,1H3/t16-/m0/s1. The van der Waals surface area contributed by atoms with Crippen molar-refractivity contribution in [2.24, 2.45) is 0 Å². The van der Waals surface area contributed by atoms with E-state index >= 15 is 0 Å². The van der Waals surface area contributed by atoms with Crippen LogP contribution in [-0.4, -0.2) is 16.6 Å². The maximum Gasteiger partial charge on any atom is 0.573 e. The molecule has 0 amide bonds. The van der Waals surface area contributed by atoms with Crippen molar-refractivity contribution >= 4 is 11.3 Å². The van der Waals surface area contributed by atoms with Gasteiger partial charge in [0, 0.05) is 11.5 Å². The van der Waals surface area contributed by atoms with Crippen molar-refractivity contribution < 1.29 is 17.9 Å². The van der Waals surface area contributed by atoms with E-state index in [4.69, 9.17) is 5.26 Å². The van der Waals surface area contributed by atoms with E-state index in [1.807, 2.05) is 12.1 Å². The Labute approximate surface area is 170 Å². The van der Waals surface area contributed by atoms with Gasteiger partial charge >= 0.3 is 6.36 Å². The molecular weight excluding hydrogens is 399 g/mol. The maximum atomic E-state index is 12.5. The van der Waals surface area contributed by atoms with E-state index in [1.54, 1.807) is 18.2 Å². The molecule has 1 heterocycles. The molecule has 3 rings (SSSR count). The van der Waals surface area contributed by atoms with E-state index in [1.165, 1.54) is 29.5 Å². The van der Waals surface area contributed by atoms with Crippen LogP contribution < -0.4 is 4.74 Å². The van der Waals surface area contributed by atoms with E-state index in [-0.39, 0.29) is 11.7 Å². The van der Waals surface area contributed by atoms with Crippen molar-refractivity contribution in [3.63, 3.8) is 0 Å². The number of nitrogens with zero attached hydrogens (tertiary/aromatic N) is 3. The lowest BCUT2D eigenvalue weighted by molar-refractivity contribution is -0.274. The molecule has 0 unspecified atom stereocenters. The molecule has 29 heavy (non-hydrogen) atoms. The second kappa shape index (κ2) is 9.05. The van der Waals surface area contributed by atoms with Crippen LogP contribution in [0, 0.1) is 11.3 Å². The lowest BCUT2D eigenvalue weighted by Gasteiger charge is -2.13. The first-order chi connectivity index (χ1) is 13.9. The monoisotopic (exact) mass is 417 g/mol. The second-order valence-electron chi connectivity index (χ2n) is 6.52. The first kappa shape index (κ1) is 20.8. The van der Waals surface area contributed by atoms with Gasteiger partial charge in [0.2, 0.25) is 0 Å². The number of aromatic nitrogens is 2. The van der Waals surface area contributed by atoms with Crippen LogP contribution >= 0.6 is 11.3 Å². The topological polar surface area (TPSA) is 58.8 Å². The normalized spacial score (nSPS) is 12.4. The largest absolute Gasteiger partial charge is 0.573 e. The molecule has 0 bridgehead atoms. The zero-order chi connectivity index (χ0) is 20.9. The first-order valence-corrected chi connectivity index (χ1v) is 9.88. The minimum atomic E-state index is -4.74. The van der Waals surface area contributed by atoms with Crippen molar-refractivity contribution in [2.75, 3.05) is 0 Å². The van der Waals surface area contributed by atoms with E-state index in [0.29, 0.717) is 16.1 Å². The van der Waals surface area contributed by atoms with Crippen LogP contribution in [0.5, 0.6) is 5.75 Å². The highest BCUT2D eigenvalue weighted by Crippen LogP contribution is 2.34. The predicted molar refractivity (Wildman–Crippen MR) is 105 cm³/mol. The smallest absolute Gasteiger partial charge is 0.406 e. The molecule has 2 aromatic carbocycles. The number of hydrogen-bond donors (Lipinski definition) is 0. The summed E-state index contributed by atoms with van der Waals surface area (Å²) >= 11 is 1.38. The lowest BCUT2D eigenvalue weighted by Crippen LogP contribution is -2.17. The van der Waals surface area contributed by atoms with Crippen LogP contribution in [0.25, 0.3) is 10.6 Å². The number of hydrogen-bond acceptors (Lipinski definition) is 5. The van der Waals surface area contributed by atoms with Crippen LogP contribution in [0.2, 0.25) is 0 Å². The van der Waals surface area contributed by atoms with Gasteiger partial charge in [0.05, 0.1) is 11.6 Å². The lowest BCUT2D eigenvalue weighted by atomic mass is 9.95. The van der Waals surface area contributed by atoms with Crippen LogP contribution in [0.3, 0.4) is 0 Å². The molecule has 0 N–H and O–H groups in total. The number of nitriles is 1. The van der Waals surface area contributed by atoms with Gasteiger partial charge < -0.3 is 4.74 Å². The van der Waals surface area contributed by atoms with Crippen LogP contribution in [0.4, 0.5) is 13.2 Å². The molecule has 0 aliphatic heterocycles. The van der Waals surface area contributed by atoms with Gasteiger partial charge in [-0.05, 0) is 42.7 Å². The minimum absolute atomic E-state index is 0.147. The molecule has 0 saturated carbocycles. The van der Waals surface area contributed by atoms with Crippen LogP contribution in [0.1, 0.15) is 41.8 Å². The van der Waals surface area contributed by atoms with E-state index < -0.39 is 6.36 Å². The highest BCUT2D eigenvalue weighted by Gasteiger charge is 2.31. The fourth-order valence-corrected chi connectivity index (χ4v) is 3.98. The molecule has 0 radical (unpaired) electrons. The summed E-state index contributed by atoms with van der Waals surface area (Å²) < 4.78 is 41.4. The molecule has 0 spiro atoms. The van der Waals surface area contributed by atoms with Gasteiger partial charge in [-0.3, -0.25) is 0 Å². The minimum Gasteiger partial charge on any atom is -0.406 e. The summed E-state index contributed by atoms with van der Waals surface area (Å²) in [6.45, 7) is 2.09.